The van der Waals surface area contributed by atoms with Crippen LogP contribution in [0.1, 0.15) is 25.3 Å². The molecule has 2 heterocycles. The second kappa shape index (κ2) is 10.6. The van der Waals surface area contributed by atoms with Crippen LogP contribution in [0.4, 0.5) is 5.82 Å². The summed E-state index contributed by atoms with van der Waals surface area (Å²) in [6.45, 7) is 3.55. The highest BCUT2D eigenvalue weighted by Gasteiger charge is 2.24. The number of aliphatic hydroxyl groups is 1. The van der Waals surface area contributed by atoms with Crippen molar-refractivity contribution >= 4 is 27.4 Å². The molecule has 0 radical (unpaired) electrons. The minimum atomic E-state index is -4.12. The zero-order chi connectivity index (χ0) is 24.0. The maximum Gasteiger partial charge on any atom is 0.280 e. The summed E-state index contributed by atoms with van der Waals surface area (Å²) < 4.78 is 44.7. The summed E-state index contributed by atoms with van der Waals surface area (Å²) in [5, 5.41) is 9.15. The third kappa shape index (κ3) is 6.01. The molecule has 0 unspecified atom stereocenters. The van der Waals surface area contributed by atoms with Crippen molar-refractivity contribution in [2.24, 2.45) is 0 Å². The quantitative estimate of drug-likeness (QED) is 0.433. The van der Waals surface area contributed by atoms with Crippen LogP contribution in [-0.2, 0) is 10.0 Å². The molecule has 0 aliphatic carbocycles. The molecule has 0 aliphatic rings. The molecule has 33 heavy (non-hydrogen) atoms. The van der Waals surface area contributed by atoms with Crippen LogP contribution in [0.25, 0.3) is 0 Å². The topological polar surface area (TPSA) is 133 Å². The molecule has 10 nitrogen and oxygen atoms in total. The summed E-state index contributed by atoms with van der Waals surface area (Å²) in [5.41, 5.74) is 0.896. The third-order valence-electron chi connectivity index (χ3n) is 4.38. The molecule has 0 atom stereocenters. The Kier molecular flexibility index (Phi) is 7.90. The van der Waals surface area contributed by atoms with E-state index in [4.69, 9.17) is 30.9 Å². The average Bonchev–Trinajstić information content (AvgIpc) is 2.80. The Balaban J connectivity index is 2.01. The number of hydrogen-bond acceptors (Lipinski definition) is 9. The van der Waals surface area contributed by atoms with Crippen molar-refractivity contribution in [1.82, 2.24) is 15.0 Å². The lowest BCUT2D eigenvalue weighted by Crippen LogP contribution is -2.17. The lowest BCUT2D eigenvalue weighted by Gasteiger charge is -2.16. The first kappa shape index (κ1) is 24.5. The van der Waals surface area contributed by atoms with Crippen molar-refractivity contribution < 1.29 is 27.7 Å². The van der Waals surface area contributed by atoms with Crippen LogP contribution in [-0.4, -0.2) is 48.8 Å². The van der Waals surface area contributed by atoms with Crippen molar-refractivity contribution in [1.29, 1.82) is 0 Å². The molecule has 0 aliphatic heterocycles. The van der Waals surface area contributed by atoms with E-state index in [1.54, 1.807) is 18.2 Å². The smallest absolute Gasteiger partial charge is 0.280 e. The number of rotatable bonds is 10. The molecule has 12 heteroatoms. The molecule has 0 bridgehead atoms. The number of halogens is 1. The lowest BCUT2D eigenvalue weighted by atomic mass is 10.1. The average molecular weight is 495 g/mol. The minimum absolute atomic E-state index is 0.0984. The van der Waals surface area contributed by atoms with Crippen molar-refractivity contribution in [2.45, 2.75) is 24.8 Å². The van der Waals surface area contributed by atoms with Gasteiger partial charge in [-0.15, -0.1) is 0 Å². The highest BCUT2D eigenvalue weighted by atomic mass is 35.5. The molecule has 0 amide bonds. The molecular weight excluding hydrogens is 472 g/mol. The predicted molar refractivity (Wildman–Crippen MR) is 122 cm³/mol. The number of sulfonamides is 1. The van der Waals surface area contributed by atoms with Gasteiger partial charge in [-0.05, 0) is 29.7 Å². The number of anilines is 1. The van der Waals surface area contributed by atoms with Gasteiger partial charge in [0.2, 0.25) is 5.75 Å². The van der Waals surface area contributed by atoms with Gasteiger partial charge >= 0.3 is 0 Å². The maximum atomic E-state index is 13.0. The number of aromatic nitrogens is 3. The highest BCUT2D eigenvalue weighted by Crippen LogP contribution is 2.40. The standard InChI is InChI=1S/C21H23ClN4O6S/c1-13(2)14-4-7-18(23-11-14)33(28,29)26-20-19(21(25-12-24-20)31-9-8-27)32-17-10-15(30-3)5-6-16(17)22/h4-7,10-13,27H,8-9H2,1-3H3,(H,24,25,26). The largest absolute Gasteiger partial charge is 0.497 e. The first-order valence-corrected chi connectivity index (χ1v) is 11.7. The van der Waals surface area contributed by atoms with Gasteiger partial charge < -0.3 is 19.3 Å². The summed E-state index contributed by atoms with van der Waals surface area (Å²) in [7, 11) is -2.65. The van der Waals surface area contributed by atoms with Crippen molar-refractivity contribution in [2.75, 3.05) is 25.0 Å². The molecular formula is C21H23ClN4O6S. The monoisotopic (exact) mass is 494 g/mol. The predicted octanol–water partition coefficient (Wildman–Crippen LogP) is 3.62. The third-order valence-corrected chi connectivity index (χ3v) is 5.95. The Morgan fingerprint density at radius 3 is 2.58 bits per heavy atom. The second-order valence-electron chi connectivity index (χ2n) is 7.02. The zero-order valence-electron chi connectivity index (χ0n) is 18.1. The Labute approximate surface area is 196 Å². The summed E-state index contributed by atoms with van der Waals surface area (Å²) in [6.07, 6.45) is 2.60. The zero-order valence-corrected chi connectivity index (χ0v) is 19.7. The molecule has 0 spiro atoms. The lowest BCUT2D eigenvalue weighted by molar-refractivity contribution is 0.192. The molecule has 2 aromatic heterocycles. The molecule has 2 N–H and O–H groups in total. The molecule has 0 saturated carbocycles. The van der Waals surface area contributed by atoms with E-state index in [0.29, 0.717) is 5.75 Å². The van der Waals surface area contributed by atoms with E-state index in [9.17, 15) is 8.42 Å². The van der Waals surface area contributed by atoms with E-state index in [0.717, 1.165) is 11.9 Å². The number of hydrogen-bond donors (Lipinski definition) is 2. The molecule has 3 aromatic rings. The summed E-state index contributed by atoms with van der Waals surface area (Å²) in [6, 6.07) is 7.79. The molecule has 0 saturated heterocycles. The highest BCUT2D eigenvalue weighted by molar-refractivity contribution is 7.92. The molecule has 1 aromatic carbocycles. The van der Waals surface area contributed by atoms with Crippen LogP contribution in [0, 0.1) is 0 Å². The fourth-order valence-corrected chi connectivity index (χ4v) is 3.74. The van der Waals surface area contributed by atoms with Crippen LogP contribution in [0.15, 0.2) is 47.9 Å². The number of aliphatic hydroxyl groups excluding tert-OH is 1. The fraction of sp³-hybridized carbons (Fsp3) is 0.286. The fourth-order valence-electron chi connectivity index (χ4n) is 2.64. The van der Waals surface area contributed by atoms with Crippen LogP contribution >= 0.6 is 11.6 Å². The van der Waals surface area contributed by atoms with Gasteiger partial charge in [0.1, 0.15) is 24.4 Å². The molecule has 176 valence electrons. The summed E-state index contributed by atoms with van der Waals surface area (Å²) >= 11 is 6.23. The normalized spacial score (nSPS) is 11.3. The number of nitrogens with zero attached hydrogens (tertiary/aromatic N) is 3. The van der Waals surface area contributed by atoms with E-state index in [-0.39, 0.29) is 52.4 Å². The number of ether oxygens (including phenoxy) is 3. The van der Waals surface area contributed by atoms with Gasteiger partial charge in [-0.25, -0.2) is 9.97 Å². The molecule has 3 rings (SSSR count). The van der Waals surface area contributed by atoms with Crippen LogP contribution in [0.2, 0.25) is 5.02 Å². The van der Waals surface area contributed by atoms with Gasteiger partial charge in [-0.1, -0.05) is 31.5 Å². The Bertz CT molecular complexity index is 1210. The number of methoxy groups -OCH3 is 1. The maximum absolute atomic E-state index is 13.0. The Hall–Kier alpha value is -3.15. The molecule has 0 fully saturated rings. The van der Waals surface area contributed by atoms with Crippen molar-refractivity contribution in [3.63, 3.8) is 0 Å². The van der Waals surface area contributed by atoms with E-state index in [1.165, 1.54) is 25.4 Å². The van der Waals surface area contributed by atoms with Crippen molar-refractivity contribution in [3.05, 3.63) is 53.4 Å². The van der Waals surface area contributed by atoms with Gasteiger partial charge in [0.15, 0.2) is 10.8 Å². The first-order valence-electron chi connectivity index (χ1n) is 9.84. The van der Waals surface area contributed by atoms with Gasteiger partial charge in [0.05, 0.1) is 18.7 Å². The van der Waals surface area contributed by atoms with E-state index in [1.807, 2.05) is 13.8 Å². The van der Waals surface area contributed by atoms with Gasteiger partial charge in [-0.3, -0.25) is 4.72 Å². The number of nitrogens with one attached hydrogen (secondary N) is 1. The van der Waals surface area contributed by atoms with Gasteiger partial charge in [0, 0.05) is 12.3 Å². The van der Waals surface area contributed by atoms with E-state index < -0.39 is 10.0 Å². The second-order valence-corrected chi connectivity index (χ2v) is 9.05. The van der Waals surface area contributed by atoms with Gasteiger partial charge in [-0.2, -0.15) is 13.4 Å². The van der Waals surface area contributed by atoms with Crippen LogP contribution in [0.3, 0.4) is 0 Å². The number of benzene rings is 1. The van der Waals surface area contributed by atoms with Gasteiger partial charge in [0.25, 0.3) is 15.9 Å². The van der Waals surface area contributed by atoms with E-state index in [2.05, 4.69) is 19.7 Å². The van der Waals surface area contributed by atoms with Crippen molar-refractivity contribution in [3.8, 4) is 23.1 Å². The minimum Gasteiger partial charge on any atom is -0.497 e. The Morgan fingerprint density at radius 1 is 1.15 bits per heavy atom. The van der Waals surface area contributed by atoms with E-state index >= 15 is 0 Å². The summed E-state index contributed by atoms with van der Waals surface area (Å²) in [5.74, 6) is 0.358. The van der Waals surface area contributed by atoms with Crippen LogP contribution in [0.5, 0.6) is 23.1 Å². The summed E-state index contributed by atoms with van der Waals surface area (Å²) in [4.78, 5) is 12.0. The Morgan fingerprint density at radius 2 is 1.94 bits per heavy atom. The number of pyridine rings is 1. The first-order chi connectivity index (χ1) is 15.7. The van der Waals surface area contributed by atoms with Crippen LogP contribution < -0.4 is 18.9 Å². The SMILES string of the molecule is COc1ccc(Cl)c(Oc2c(NS(=O)(=O)c3ccc(C(C)C)cn3)ncnc2OCCO)c1.